The Morgan fingerprint density at radius 2 is 1.89 bits per heavy atom. The van der Waals surface area contributed by atoms with E-state index in [0.717, 1.165) is 18.3 Å². The molecular weight excluding hydrogens is 261 g/mol. The molecule has 0 aliphatic heterocycles. The number of aromatic hydroxyl groups is 1. The van der Waals surface area contributed by atoms with E-state index in [0.29, 0.717) is 5.56 Å². The normalized spacial score (nSPS) is 11.4. The molecule has 0 amide bonds. The molecule has 0 radical (unpaired) electrons. The first-order valence-corrected chi connectivity index (χ1v) is 5.23. The molecule has 2 rings (SSSR count). The highest BCUT2D eigenvalue weighted by molar-refractivity contribution is 5.41. The lowest BCUT2D eigenvalue weighted by molar-refractivity contribution is -0.141. The van der Waals surface area contributed by atoms with E-state index in [9.17, 15) is 18.3 Å². The molecule has 2 aromatic heterocycles. The number of pyridine rings is 2. The average Bonchev–Trinajstić information content (AvgIpc) is 2.35. The van der Waals surface area contributed by atoms with Gasteiger partial charge in [-0.15, -0.1) is 0 Å². The topological polar surface area (TPSA) is 55.2 Å². The minimum absolute atomic E-state index is 0.0569. The van der Waals surface area contributed by atoms with Gasteiger partial charge in [-0.3, -0.25) is 0 Å². The van der Waals surface area contributed by atoms with Crippen molar-refractivity contribution < 1.29 is 23.0 Å². The van der Waals surface area contributed by atoms with Crippen molar-refractivity contribution in [3.8, 4) is 17.4 Å². The van der Waals surface area contributed by atoms with Gasteiger partial charge in [0.1, 0.15) is 11.4 Å². The van der Waals surface area contributed by atoms with Crippen molar-refractivity contribution >= 4 is 0 Å². The third kappa shape index (κ3) is 2.93. The van der Waals surface area contributed by atoms with Gasteiger partial charge in [-0.25, -0.2) is 9.97 Å². The fraction of sp³-hybridized carbons (Fsp3) is 0.167. The van der Waals surface area contributed by atoms with Crippen LogP contribution in [0, 0.1) is 6.92 Å². The van der Waals surface area contributed by atoms with Crippen LogP contribution >= 0.6 is 0 Å². The van der Waals surface area contributed by atoms with Gasteiger partial charge in [0.25, 0.3) is 5.88 Å². The molecule has 0 aliphatic carbocycles. The van der Waals surface area contributed by atoms with Crippen molar-refractivity contribution in [2.45, 2.75) is 13.1 Å². The molecule has 0 saturated carbocycles. The average molecular weight is 270 g/mol. The van der Waals surface area contributed by atoms with E-state index in [-0.39, 0.29) is 17.4 Å². The Hall–Kier alpha value is -2.31. The van der Waals surface area contributed by atoms with Crippen molar-refractivity contribution in [2.75, 3.05) is 0 Å². The predicted molar refractivity (Wildman–Crippen MR) is 60.0 cm³/mol. The molecule has 19 heavy (non-hydrogen) atoms. The third-order valence-electron chi connectivity index (χ3n) is 2.33. The zero-order valence-corrected chi connectivity index (χ0v) is 9.77. The van der Waals surface area contributed by atoms with Crippen LogP contribution in [0.3, 0.4) is 0 Å². The molecule has 0 spiro atoms. The second kappa shape index (κ2) is 4.75. The zero-order chi connectivity index (χ0) is 14.0. The lowest BCUT2D eigenvalue weighted by Crippen LogP contribution is -2.07. The second-order valence-electron chi connectivity index (χ2n) is 3.76. The highest BCUT2D eigenvalue weighted by Gasteiger charge is 2.32. The minimum Gasteiger partial charge on any atom is -0.503 e. The zero-order valence-electron chi connectivity index (χ0n) is 9.77. The highest BCUT2D eigenvalue weighted by Crippen LogP contribution is 2.32. The molecule has 1 N–H and O–H groups in total. The summed E-state index contributed by atoms with van der Waals surface area (Å²) in [6.07, 6.45) is -2.16. The van der Waals surface area contributed by atoms with Crippen LogP contribution in [0.5, 0.6) is 17.4 Å². The van der Waals surface area contributed by atoms with Crippen molar-refractivity contribution in [1.82, 2.24) is 9.97 Å². The molecule has 2 aromatic rings. The molecule has 0 unspecified atom stereocenters. The van der Waals surface area contributed by atoms with Gasteiger partial charge in [0.15, 0.2) is 5.75 Å². The monoisotopic (exact) mass is 270 g/mol. The maximum atomic E-state index is 12.3. The summed E-state index contributed by atoms with van der Waals surface area (Å²) < 4.78 is 42.1. The summed E-state index contributed by atoms with van der Waals surface area (Å²) in [6.45, 7) is 1.65. The van der Waals surface area contributed by atoms with Gasteiger partial charge in [0, 0.05) is 6.20 Å². The van der Waals surface area contributed by atoms with E-state index >= 15 is 0 Å². The van der Waals surface area contributed by atoms with E-state index in [1.54, 1.807) is 13.0 Å². The number of hydrogen-bond donors (Lipinski definition) is 1. The lowest BCUT2D eigenvalue weighted by atomic mass is 10.3. The van der Waals surface area contributed by atoms with Gasteiger partial charge >= 0.3 is 6.18 Å². The van der Waals surface area contributed by atoms with Gasteiger partial charge in [-0.05, 0) is 30.7 Å². The standard InChI is InChI=1S/C12H9F3N2O2/c1-7-4-5-16-11(10(7)18)19-8-2-3-9(17-6-8)12(13,14)15/h2-6,18H,1H3. The Bertz CT molecular complexity index is 583. The Morgan fingerprint density at radius 3 is 2.47 bits per heavy atom. The van der Waals surface area contributed by atoms with Crippen molar-refractivity contribution in [3.63, 3.8) is 0 Å². The number of aryl methyl sites for hydroxylation is 1. The number of rotatable bonds is 2. The van der Waals surface area contributed by atoms with E-state index in [4.69, 9.17) is 4.74 Å². The van der Waals surface area contributed by atoms with Gasteiger partial charge in [-0.1, -0.05) is 0 Å². The van der Waals surface area contributed by atoms with Crippen LogP contribution in [0.15, 0.2) is 30.6 Å². The summed E-state index contributed by atoms with van der Waals surface area (Å²) in [5.74, 6) is -0.189. The molecule has 7 heteroatoms. The third-order valence-corrected chi connectivity index (χ3v) is 2.33. The van der Waals surface area contributed by atoms with E-state index in [1.165, 1.54) is 6.20 Å². The Kier molecular flexibility index (Phi) is 3.28. The van der Waals surface area contributed by atoms with Crippen molar-refractivity contribution in [2.24, 2.45) is 0 Å². The summed E-state index contributed by atoms with van der Waals surface area (Å²) in [6, 6.07) is 3.48. The molecule has 100 valence electrons. The van der Waals surface area contributed by atoms with Crippen molar-refractivity contribution in [1.29, 1.82) is 0 Å². The van der Waals surface area contributed by atoms with Crippen LogP contribution < -0.4 is 4.74 Å². The number of nitrogens with zero attached hydrogens (tertiary/aromatic N) is 2. The quantitative estimate of drug-likeness (QED) is 0.909. The molecule has 0 aliphatic rings. The minimum atomic E-state index is -4.50. The SMILES string of the molecule is Cc1ccnc(Oc2ccc(C(F)(F)F)nc2)c1O. The summed E-state index contributed by atoms with van der Waals surface area (Å²) in [5, 5.41) is 9.65. The fourth-order valence-corrected chi connectivity index (χ4v) is 1.32. The van der Waals surface area contributed by atoms with Crippen LogP contribution in [0.1, 0.15) is 11.3 Å². The molecule has 0 atom stereocenters. The van der Waals surface area contributed by atoms with Gasteiger partial charge in [0.2, 0.25) is 0 Å². The first kappa shape index (κ1) is 13.1. The molecular formula is C12H9F3N2O2. The first-order chi connectivity index (χ1) is 8.88. The van der Waals surface area contributed by atoms with Crippen LogP contribution in [0.4, 0.5) is 13.2 Å². The van der Waals surface area contributed by atoms with Crippen LogP contribution in [0.2, 0.25) is 0 Å². The van der Waals surface area contributed by atoms with E-state index < -0.39 is 11.9 Å². The van der Waals surface area contributed by atoms with Gasteiger partial charge in [0.05, 0.1) is 6.20 Å². The number of halogens is 3. The van der Waals surface area contributed by atoms with Crippen molar-refractivity contribution in [3.05, 3.63) is 41.9 Å². The molecule has 0 bridgehead atoms. The highest BCUT2D eigenvalue weighted by atomic mass is 19.4. The number of aromatic nitrogens is 2. The van der Waals surface area contributed by atoms with E-state index in [1.807, 2.05) is 0 Å². The van der Waals surface area contributed by atoms with Crippen LogP contribution in [-0.4, -0.2) is 15.1 Å². The summed E-state index contributed by atoms with van der Waals surface area (Å²) in [5.41, 5.74) is -0.467. The Balaban J connectivity index is 2.23. The Morgan fingerprint density at radius 1 is 1.16 bits per heavy atom. The van der Waals surface area contributed by atoms with Crippen LogP contribution in [-0.2, 0) is 6.18 Å². The van der Waals surface area contributed by atoms with Gasteiger partial charge < -0.3 is 9.84 Å². The second-order valence-corrected chi connectivity index (χ2v) is 3.76. The largest absolute Gasteiger partial charge is 0.503 e. The maximum Gasteiger partial charge on any atom is 0.433 e. The first-order valence-electron chi connectivity index (χ1n) is 5.23. The number of hydrogen-bond acceptors (Lipinski definition) is 4. The molecule has 4 nitrogen and oxygen atoms in total. The molecule has 0 saturated heterocycles. The smallest absolute Gasteiger partial charge is 0.433 e. The van der Waals surface area contributed by atoms with Crippen LogP contribution in [0.25, 0.3) is 0 Å². The molecule has 2 heterocycles. The number of ether oxygens (including phenoxy) is 1. The predicted octanol–water partition coefficient (Wildman–Crippen LogP) is 3.30. The maximum absolute atomic E-state index is 12.3. The molecule has 0 aromatic carbocycles. The Labute approximate surface area is 106 Å². The van der Waals surface area contributed by atoms with E-state index in [2.05, 4.69) is 9.97 Å². The number of alkyl halides is 3. The molecule has 0 fully saturated rings. The summed E-state index contributed by atoms with van der Waals surface area (Å²) >= 11 is 0. The van der Waals surface area contributed by atoms with Gasteiger partial charge in [-0.2, -0.15) is 13.2 Å². The fourth-order valence-electron chi connectivity index (χ4n) is 1.32. The lowest BCUT2D eigenvalue weighted by Gasteiger charge is -2.09. The summed E-state index contributed by atoms with van der Waals surface area (Å²) in [7, 11) is 0. The summed E-state index contributed by atoms with van der Waals surface area (Å²) in [4.78, 5) is 7.02.